The van der Waals surface area contributed by atoms with Gasteiger partial charge in [0.2, 0.25) is 5.91 Å². The molecule has 1 aliphatic rings. The monoisotopic (exact) mass is 346 g/mol. The van der Waals surface area contributed by atoms with Crippen molar-refractivity contribution in [2.24, 2.45) is 7.05 Å². The zero-order valence-electron chi connectivity index (χ0n) is 13.9. The normalized spacial score (nSPS) is 16.8. The molecule has 2 aromatic rings. The van der Waals surface area contributed by atoms with Gasteiger partial charge in [0.25, 0.3) is 0 Å². The third-order valence-corrected chi connectivity index (χ3v) is 4.80. The van der Waals surface area contributed by atoms with Crippen molar-refractivity contribution in [2.45, 2.75) is 10.9 Å². The molecule has 1 amide bonds. The molecule has 1 aromatic heterocycles. The Hall–Kier alpha value is -1.83. The Labute approximate surface area is 146 Å². The Morgan fingerprint density at radius 1 is 1.29 bits per heavy atom. The van der Waals surface area contributed by atoms with Crippen molar-refractivity contribution in [1.82, 2.24) is 14.7 Å². The first-order valence-electron chi connectivity index (χ1n) is 7.92. The van der Waals surface area contributed by atoms with E-state index in [1.165, 1.54) is 4.90 Å². The lowest BCUT2D eigenvalue weighted by atomic mass is 10.1. The number of aromatic nitrogens is 2. The topological polar surface area (TPSA) is 59.4 Å². The molecule has 1 saturated heterocycles. The number of anilines is 1. The van der Waals surface area contributed by atoms with Gasteiger partial charge in [-0.15, -0.1) is 11.8 Å². The molecule has 1 fully saturated rings. The number of amides is 1. The van der Waals surface area contributed by atoms with Crippen LogP contribution in [0, 0.1) is 0 Å². The van der Waals surface area contributed by atoms with Crippen molar-refractivity contribution >= 4 is 23.4 Å². The maximum atomic E-state index is 12.9. The number of benzene rings is 1. The summed E-state index contributed by atoms with van der Waals surface area (Å²) < 4.78 is 7.14. The van der Waals surface area contributed by atoms with Gasteiger partial charge in [0, 0.05) is 42.5 Å². The number of hydrogen-bond donors (Lipinski definition) is 1. The fourth-order valence-corrected chi connectivity index (χ4v) is 3.24. The summed E-state index contributed by atoms with van der Waals surface area (Å²) in [6.07, 6.45) is 5.69. The van der Waals surface area contributed by atoms with E-state index < -0.39 is 0 Å². The molecule has 1 aromatic carbocycles. The number of rotatable bonds is 5. The second-order valence-corrected chi connectivity index (χ2v) is 6.60. The summed E-state index contributed by atoms with van der Waals surface area (Å²) in [7, 11) is 1.86. The summed E-state index contributed by atoms with van der Waals surface area (Å²) >= 11 is 1.68. The first-order chi connectivity index (χ1) is 11.7. The van der Waals surface area contributed by atoms with Crippen LogP contribution in [0.25, 0.3) is 0 Å². The molecule has 1 aliphatic heterocycles. The highest BCUT2D eigenvalue weighted by Crippen LogP contribution is 2.24. The van der Waals surface area contributed by atoms with Crippen LogP contribution in [0.5, 0.6) is 0 Å². The van der Waals surface area contributed by atoms with Gasteiger partial charge in [-0.05, 0) is 30.5 Å². The van der Waals surface area contributed by atoms with E-state index >= 15 is 0 Å². The predicted molar refractivity (Wildman–Crippen MR) is 95.2 cm³/mol. The van der Waals surface area contributed by atoms with Crippen LogP contribution >= 0.6 is 11.8 Å². The van der Waals surface area contributed by atoms with Gasteiger partial charge < -0.3 is 10.1 Å². The molecule has 0 saturated carbocycles. The number of ether oxygens (including phenoxy) is 1. The zero-order chi connectivity index (χ0) is 16.9. The molecule has 1 N–H and O–H groups in total. The van der Waals surface area contributed by atoms with Crippen LogP contribution in [0.4, 0.5) is 5.69 Å². The first kappa shape index (κ1) is 17.0. The van der Waals surface area contributed by atoms with E-state index in [1.807, 2.05) is 43.8 Å². The van der Waals surface area contributed by atoms with Crippen LogP contribution in [0.2, 0.25) is 0 Å². The van der Waals surface area contributed by atoms with Gasteiger partial charge in [-0.2, -0.15) is 5.10 Å². The number of hydrogen-bond acceptors (Lipinski definition) is 5. The molecule has 128 valence electrons. The molecule has 0 aliphatic carbocycles. The molecule has 3 rings (SSSR count). The van der Waals surface area contributed by atoms with Crippen molar-refractivity contribution in [3.05, 3.63) is 42.2 Å². The molecule has 0 unspecified atom stereocenters. The average Bonchev–Trinajstić information content (AvgIpc) is 3.02. The van der Waals surface area contributed by atoms with E-state index in [4.69, 9.17) is 4.74 Å². The largest absolute Gasteiger partial charge is 0.379 e. The second kappa shape index (κ2) is 7.83. The van der Waals surface area contributed by atoms with Gasteiger partial charge in [0.1, 0.15) is 6.04 Å². The smallest absolute Gasteiger partial charge is 0.246 e. The third kappa shape index (κ3) is 3.98. The number of carbonyl (C=O) groups excluding carboxylic acids is 1. The minimum atomic E-state index is -0.358. The van der Waals surface area contributed by atoms with E-state index in [0.717, 1.165) is 24.3 Å². The van der Waals surface area contributed by atoms with E-state index in [1.54, 1.807) is 22.6 Å². The van der Waals surface area contributed by atoms with Gasteiger partial charge in [0.15, 0.2) is 0 Å². The molecule has 1 atom stereocenters. The minimum Gasteiger partial charge on any atom is -0.379 e. The van der Waals surface area contributed by atoms with Crippen LogP contribution in [0.15, 0.2) is 41.6 Å². The minimum absolute atomic E-state index is 0.0400. The third-order valence-electron chi connectivity index (χ3n) is 4.06. The number of thioether (sulfide) groups is 1. The van der Waals surface area contributed by atoms with Gasteiger partial charge in [-0.3, -0.25) is 14.4 Å². The molecule has 6 nitrogen and oxygen atoms in total. The van der Waals surface area contributed by atoms with E-state index in [0.29, 0.717) is 13.2 Å². The van der Waals surface area contributed by atoms with Crippen molar-refractivity contribution < 1.29 is 9.53 Å². The molecule has 0 bridgehead atoms. The molecule has 2 heterocycles. The predicted octanol–water partition coefficient (Wildman–Crippen LogP) is 2.15. The molecular weight excluding hydrogens is 324 g/mol. The van der Waals surface area contributed by atoms with Crippen molar-refractivity contribution in [3.63, 3.8) is 0 Å². The summed E-state index contributed by atoms with van der Waals surface area (Å²) in [5.74, 6) is -0.0400. The Balaban J connectivity index is 1.79. The van der Waals surface area contributed by atoms with Gasteiger partial charge in [-0.25, -0.2) is 0 Å². The second-order valence-electron chi connectivity index (χ2n) is 5.72. The Kier molecular flexibility index (Phi) is 5.55. The fourth-order valence-electron chi connectivity index (χ4n) is 2.83. The van der Waals surface area contributed by atoms with E-state index in [9.17, 15) is 4.79 Å². The van der Waals surface area contributed by atoms with Gasteiger partial charge >= 0.3 is 0 Å². The van der Waals surface area contributed by atoms with E-state index in [2.05, 4.69) is 15.3 Å². The van der Waals surface area contributed by atoms with Crippen LogP contribution in [-0.2, 0) is 16.6 Å². The summed E-state index contributed by atoms with van der Waals surface area (Å²) in [5, 5.41) is 7.25. The number of aryl methyl sites for hydroxylation is 1. The summed E-state index contributed by atoms with van der Waals surface area (Å²) in [5.41, 5.74) is 1.71. The van der Waals surface area contributed by atoms with Crippen LogP contribution < -0.4 is 5.32 Å². The van der Waals surface area contributed by atoms with Gasteiger partial charge in [0.05, 0.1) is 19.4 Å². The van der Waals surface area contributed by atoms with Crippen molar-refractivity contribution in [3.8, 4) is 0 Å². The number of carbonyl (C=O) groups is 1. The molecular formula is C17H22N4O2S. The van der Waals surface area contributed by atoms with Crippen LogP contribution in [0.3, 0.4) is 0 Å². The maximum absolute atomic E-state index is 12.9. The zero-order valence-corrected chi connectivity index (χ0v) is 14.8. The average molecular weight is 346 g/mol. The molecule has 7 heteroatoms. The first-order valence-corrected chi connectivity index (χ1v) is 9.15. The van der Waals surface area contributed by atoms with Crippen molar-refractivity contribution in [2.75, 3.05) is 37.9 Å². The highest BCUT2D eigenvalue weighted by Gasteiger charge is 2.30. The highest BCUT2D eigenvalue weighted by molar-refractivity contribution is 7.98. The summed E-state index contributed by atoms with van der Waals surface area (Å²) in [6, 6.07) is 7.53. The lowest BCUT2D eigenvalue weighted by molar-refractivity contribution is -0.123. The van der Waals surface area contributed by atoms with Crippen molar-refractivity contribution in [1.29, 1.82) is 0 Å². The standard InChI is InChI=1S/C17H22N4O2S/c1-20-12-13(11-18-20)16(21-7-9-23-10-8-21)17(22)19-14-3-5-15(24-2)6-4-14/h3-6,11-12,16H,7-10H2,1-2H3,(H,19,22)/t16-/m1/s1. The summed E-state index contributed by atoms with van der Waals surface area (Å²) in [6.45, 7) is 2.76. The Bertz CT molecular complexity index is 680. The number of morpholine rings is 1. The van der Waals surface area contributed by atoms with Crippen LogP contribution in [0.1, 0.15) is 11.6 Å². The Morgan fingerprint density at radius 2 is 2.00 bits per heavy atom. The fraction of sp³-hybridized carbons (Fsp3) is 0.412. The lowest BCUT2D eigenvalue weighted by Gasteiger charge is -2.33. The number of nitrogens with zero attached hydrogens (tertiary/aromatic N) is 3. The lowest BCUT2D eigenvalue weighted by Crippen LogP contribution is -2.43. The molecule has 0 spiro atoms. The SMILES string of the molecule is CSc1ccc(NC(=O)[C@@H](c2cnn(C)c2)N2CCOCC2)cc1. The van der Waals surface area contributed by atoms with Gasteiger partial charge in [-0.1, -0.05) is 0 Å². The van der Waals surface area contributed by atoms with Crippen LogP contribution in [-0.4, -0.2) is 53.1 Å². The van der Waals surface area contributed by atoms with E-state index in [-0.39, 0.29) is 11.9 Å². The molecule has 24 heavy (non-hydrogen) atoms. The quantitative estimate of drug-likeness (QED) is 0.841. The maximum Gasteiger partial charge on any atom is 0.246 e. The number of nitrogens with one attached hydrogen (secondary N) is 1. The highest BCUT2D eigenvalue weighted by atomic mass is 32.2. The Morgan fingerprint density at radius 3 is 2.58 bits per heavy atom. The molecule has 0 radical (unpaired) electrons. The summed E-state index contributed by atoms with van der Waals surface area (Å²) in [4.78, 5) is 16.3.